The molecular formula is C58H61FN4O11. The van der Waals surface area contributed by atoms with Crippen molar-refractivity contribution in [3.63, 3.8) is 0 Å². The van der Waals surface area contributed by atoms with E-state index in [0.29, 0.717) is 65.3 Å². The third-order valence-electron chi connectivity index (χ3n) is 14.4. The molecule has 6 atom stereocenters. The number of halogens is 1. The number of carbonyl (C=O) groups excluding carboxylic acids is 1. The van der Waals surface area contributed by atoms with Crippen molar-refractivity contribution in [1.29, 1.82) is 0 Å². The van der Waals surface area contributed by atoms with Gasteiger partial charge in [0.2, 0.25) is 11.7 Å². The summed E-state index contributed by atoms with van der Waals surface area (Å²) in [6.07, 6.45) is 10.8. The molecule has 74 heavy (non-hydrogen) atoms. The van der Waals surface area contributed by atoms with Gasteiger partial charge in [0.05, 0.1) is 28.1 Å². The molecule has 5 aromatic carbocycles. The number of aliphatic hydroxyl groups is 2. The smallest absolute Gasteiger partial charge is 0.269 e. The fraction of sp³-hybridized carbons (Fsp3) is 0.345. The number of aliphatic hydroxyl groups excluding tert-OH is 2. The molecule has 0 unspecified atom stereocenters. The second-order valence-corrected chi connectivity index (χ2v) is 19.1. The zero-order valence-corrected chi connectivity index (χ0v) is 41.5. The highest BCUT2D eigenvalue weighted by Gasteiger charge is 2.65. The van der Waals surface area contributed by atoms with Gasteiger partial charge in [-0.3, -0.25) is 25.0 Å². The van der Waals surface area contributed by atoms with Crippen LogP contribution in [-0.4, -0.2) is 68.2 Å². The Kier molecular flexibility index (Phi) is 17.1. The molecule has 2 N–H and O–H groups in total. The summed E-state index contributed by atoms with van der Waals surface area (Å²) in [6.45, 7) is 8.07. The maximum atomic E-state index is 15.3. The summed E-state index contributed by atoms with van der Waals surface area (Å²) in [6, 6.07) is 28.4. The maximum Gasteiger partial charge on any atom is 0.269 e. The van der Waals surface area contributed by atoms with Gasteiger partial charge in [-0.25, -0.2) is 4.39 Å². The molecule has 386 valence electrons. The normalized spacial score (nSPS) is 21.2. The van der Waals surface area contributed by atoms with Gasteiger partial charge in [0.15, 0.2) is 0 Å². The highest BCUT2D eigenvalue weighted by atomic mass is 19.1. The number of carbonyl (C=O) groups is 1. The number of aryl methyl sites for hydroxylation is 2. The average molecular weight is 1010 g/mol. The largest absolute Gasteiger partial charge is 0.459 e. The molecule has 16 heteroatoms. The van der Waals surface area contributed by atoms with Crippen LogP contribution in [0.4, 0.5) is 15.8 Å². The monoisotopic (exact) mass is 1010 g/mol. The van der Waals surface area contributed by atoms with E-state index in [2.05, 4.69) is 12.7 Å². The third kappa shape index (κ3) is 11.9. The summed E-state index contributed by atoms with van der Waals surface area (Å²) in [7, 11) is 0. The maximum absolute atomic E-state index is 15.3. The van der Waals surface area contributed by atoms with Crippen molar-refractivity contribution >= 4 is 29.1 Å². The van der Waals surface area contributed by atoms with Crippen LogP contribution in [0.1, 0.15) is 84.2 Å². The number of rotatable bonds is 23. The van der Waals surface area contributed by atoms with Crippen LogP contribution in [0, 0.1) is 57.6 Å². The Bertz CT molecular complexity index is 2910. The van der Waals surface area contributed by atoms with Crippen LogP contribution in [0.2, 0.25) is 0 Å². The molecule has 1 amide bonds. The molecule has 15 nitrogen and oxygen atoms in total. The van der Waals surface area contributed by atoms with Crippen LogP contribution in [0.3, 0.4) is 0 Å². The molecule has 1 saturated carbocycles. The molecule has 1 aliphatic heterocycles. The van der Waals surface area contributed by atoms with Gasteiger partial charge < -0.3 is 34.2 Å². The molecule has 0 saturated heterocycles. The van der Waals surface area contributed by atoms with Crippen LogP contribution in [0.15, 0.2) is 145 Å². The quantitative estimate of drug-likeness (QED) is 0.0208. The number of nitro groups is 2. The number of nitro benzene ring substituents is 2. The molecule has 1 fully saturated rings. The van der Waals surface area contributed by atoms with E-state index >= 15 is 4.79 Å². The van der Waals surface area contributed by atoms with E-state index in [1.165, 1.54) is 42.5 Å². The SMILES string of the molecule is C=CCO[C@@]12Oc3ccc(Oc4ccc(C)c(C)c4)cc3[C@H]3[C@H](CCCCO)[C@@H](CCCCO)C=C(C(=NOCc4ccc([N+](=O)[O-])cc4)C[C@@H]1N(Cc1ccc(F)cc1)C(=O)C=Cc1ccc([N+](=O)[O-])cc1)[C@H]32. The fourth-order valence-corrected chi connectivity index (χ4v) is 10.6. The Labute approximate surface area is 429 Å². The van der Waals surface area contributed by atoms with E-state index in [9.17, 15) is 34.8 Å². The number of amides is 1. The number of fused-ring (bicyclic) bond motifs is 2. The number of oxime groups is 1. The zero-order valence-electron chi connectivity index (χ0n) is 41.5. The minimum atomic E-state index is -1.65. The molecule has 5 aromatic rings. The van der Waals surface area contributed by atoms with Gasteiger partial charge in [0.25, 0.3) is 11.4 Å². The number of hydrogen-bond donors (Lipinski definition) is 2. The summed E-state index contributed by atoms with van der Waals surface area (Å²) in [4.78, 5) is 45.1. The fourth-order valence-electron chi connectivity index (χ4n) is 10.6. The van der Waals surface area contributed by atoms with Gasteiger partial charge in [-0.15, -0.1) is 6.58 Å². The van der Waals surface area contributed by atoms with Crippen molar-refractivity contribution < 1.29 is 48.3 Å². The minimum Gasteiger partial charge on any atom is -0.459 e. The van der Waals surface area contributed by atoms with Gasteiger partial charge in [-0.2, -0.15) is 0 Å². The van der Waals surface area contributed by atoms with Gasteiger partial charge in [0, 0.05) is 68.0 Å². The van der Waals surface area contributed by atoms with Crippen molar-refractivity contribution in [3.05, 3.63) is 199 Å². The van der Waals surface area contributed by atoms with Crippen molar-refractivity contribution in [2.24, 2.45) is 22.9 Å². The number of unbranched alkanes of at least 4 members (excludes halogenated alkanes) is 2. The Morgan fingerprint density at radius 3 is 2.16 bits per heavy atom. The van der Waals surface area contributed by atoms with E-state index in [1.54, 1.807) is 53.5 Å². The predicted octanol–water partition coefficient (Wildman–Crippen LogP) is 11.6. The minimum absolute atomic E-state index is 0.00570. The number of hydrogen-bond acceptors (Lipinski definition) is 12. The molecule has 1 heterocycles. The zero-order chi connectivity index (χ0) is 52.4. The number of benzene rings is 5. The van der Waals surface area contributed by atoms with Crippen LogP contribution in [0.5, 0.6) is 17.2 Å². The summed E-state index contributed by atoms with van der Waals surface area (Å²) in [5.74, 6) is -2.05. The topological polar surface area (TPSA) is 196 Å². The molecule has 0 radical (unpaired) electrons. The molecule has 0 spiro atoms. The molecule has 0 aromatic heterocycles. The van der Waals surface area contributed by atoms with E-state index in [-0.39, 0.29) is 68.5 Å². The van der Waals surface area contributed by atoms with Crippen LogP contribution in [0.25, 0.3) is 6.08 Å². The van der Waals surface area contributed by atoms with Crippen LogP contribution < -0.4 is 9.47 Å². The van der Waals surface area contributed by atoms with Crippen LogP contribution in [-0.2, 0) is 27.5 Å². The third-order valence-corrected chi connectivity index (χ3v) is 14.4. The average Bonchev–Trinajstić information content (AvgIpc) is 3.43. The molecular weight excluding hydrogens is 948 g/mol. The first-order valence-corrected chi connectivity index (χ1v) is 25.0. The van der Waals surface area contributed by atoms with E-state index in [0.717, 1.165) is 35.1 Å². The second kappa shape index (κ2) is 24.0. The van der Waals surface area contributed by atoms with E-state index in [4.69, 9.17) is 24.2 Å². The summed E-state index contributed by atoms with van der Waals surface area (Å²) in [5.41, 5.74) is 5.94. The predicted molar refractivity (Wildman–Crippen MR) is 278 cm³/mol. The van der Waals surface area contributed by atoms with Crippen molar-refractivity contribution in [2.45, 2.75) is 89.7 Å². The number of nitrogens with zero attached hydrogens (tertiary/aromatic N) is 4. The standard InChI is InChI=1S/C58H61FN4O11/c1-4-31-71-58-54(61(36-41-12-19-44(59)20-13-41)55(66)28-18-40-14-21-45(22-15-40)62(67)68)35-52(60-72-37-42-16-23-46(24-17-42)63(69)70)50-33-43(9-5-7-29-64)49(10-6-8-30-65)56(57(50)58)51-34-48(26-27-53(51)74-58)73-47-25-11-38(2)39(3)32-47/h4,11-28,32-34,43,49,54,56-57,64-65H,1,5-10,29-31,35-37H2,2-3H3/t43-,49+,54-,56+,57+,58+/m0/s1. The summed E-state index contributed by atoms with van der Waals surface area (Å²) in [5, 5.41) is 48.0. The first-order chi connectivity index (χ1) is 35.8. The second-order valence-electron chi connectivity index (χ2n) is 19.1. The first-order valence-electron chi connectivity index (χ1n) is 25.0. The Hall–Kier alpha value is -7.53. The highest BCUT2D eigenvalue weighted by Crippen LogP contribution is 2.62. The van der Waals surface area contributed by atoms with E-state index in [1.807, 2.05) is 50.2 Å². The molecule has 8 rings (SSSR count). The van der Waals surface area contributed by atoms with E-state index < -0.39 is 39.3 Å². The van der Waals surface area contributed by atoms with Gasteiger partial charge in [-0.1, -0.05) is 48.3 Å². The lowest BCUT2D eigenvalue weighted by Gasteiger charge is -2.60. The Morgan fingerprint density at radius 1 is 0.851 bits per heavy atom. The molecule has 2 aliphatic carbocycles. The molecule has 0 bridgehead atoms. The number of allylic oxidation sites excluding steroid dienone is 1. The lowest BCUT2D eigenvalue weighted by atomic mass is 9.55. The highest BCUT2D eigenvalue weighted by molar-refractivity contribution is 6.03. The van der Waals surface area contributed by atoms with Crippen LogP contribution >= 0.6 is 0 Å². The van der Waals surface area contributed by atoms with Gasteiger partial charge in [0.1, 0.15) is 35.7 Å². The summed E-state index contributed by atoms with van der Waals surface area (Å²) >= 11 is 0. The van der Waals surface area contributed by atoms with Crippen molar-refractivity contribution in [2.75, 3.05) is 19.8 Å². The van der Waals surface area contributed by atoms with Crippen molar-refractivity contribution in [1.82, 2.24) is 4.90 Å². The lowest BCUT2D eigenvalue weighted by molar-refractivity contribution is -0.385. The Morgan fingerprint density at radius 2 is 1.50 bits per heavy atom. The first kappa shape index (κ1) is 52.8. The number of non-ortho nitro benzene ring substituents is 2. The summed E-state index contributed by atoms with van der Waals surface area (Å²) < 4.78 is 35.7. The molecule has 3 aliphatic rings. The van der Waals surface area contributed by atoms with Gasteiger partial charge in [-0.05, 0) is 158 Å². The Balaban J connectivity index is 1.34. The van der Waals surface area contributed by atoms with Crippen molar-refractivity contribution in [3.8, 4) is 17.2 Å². The van der Waals surface area contributed by atoms with Gasteiger partial charge >= 0.3 is 0 Å². The lowest BCUT2D eigenvalue weighted by Crippen LogP contribution is -2.70. The number of ether oxygens (including phenoxy) is 3.